The zero-order chi connectivity index (χ0) is 20.5. The maximum absolute atomic E-state index is 12.7. The first-order chi connectivity index (χ1) is 13.4. The van der Waals surface area contributed by atoms with Crippen molar-refractivity contribution in [3.05, 3.63) is 47.0 Å². The van der Waals surface area contributed by atoms with Gasteiger partial charge in [0.05, 0.1) is 43.5 Å². The molecule has 3 atom stereocenters. The maximum atomic E-state index is 12.7. The Balaban J connectivity index is 2.22. The van der Waals surface area contributed by atoms with Gasteiger partial charge in [-0.2, -0.15) is 15.6 Å². The number of ether oxygens (including phenoxy) is 2. The Hall–Kier alpha value is -3.69. The van der Waals surface area contributed by atoms with Gasteiger partial charge < -0.3 is 14.6 Å². The number of aliphatic hydroxyl groups is 1. The number of benzene rings is 1. The number of hydrazone groups is 1. The molecule has 0 spiro atoms. The van der Waals surface area contributed by atoms with E-state index in [4.69, 9.17) is 4.74 Å². The van der Waals surface area contributed by atoms with Crippen LogP contribution in [0.4, 0.5) is 0 Å². The highest BCUT2D eigenvalue weighted by molar-refractivity contribution is 6.39. The molecule has 0 aliphatic carbocycles. The molecule has 0 amide bonds. The number of aliphatic hydroxyl groups excluding tert-OH is 1. The summed E-state index contributed by atoms with van der Waals surface area (Å²) in [6, 6.07) is 7.78. The summed E-state index contributed by atoms with van der Waals surface area (Å²) in [6.07, 6.45) is 1.78. The lowest BCUT2D eigenvalue weighted by Crippen LogP contribution is -2.60. The van der Waals surface area contributed by atoms with Gasteiger partial charge >= 0.3 is 11.9 Å². The van der Waals surface area contributed by atoms with E-state index in [2.05, 4.69) is 9.84 Å². The molecule has 0 aromatic heterocycles. The molecule has 0 bridgehead atoms. The molecule has 0 fully saturated rings. The highest BCUT2D eigenvalue weighted by Crippen LogP contribution is 2.44. The molecule has 0 radical (unpaired) electrons. The lowest BCUT2D eigenvalue weighted by Gasteiger charge is -2.42. The summed E-state index contributed by atoms with van der Waals surface area (Å²) in [5.41, 5.74) is -1.03. The lowest BCUT2D eigenvalue weighted by atomic mass is 9.81. The molecule has 1 N–H and O–H groups in total. The summed E-state index contributed by atoms with van der Waals surface area (Å²) < 4.78 is 9.56. The number of methoxy groups -OCH3 is 2. The zero-order valence-electron chi connectivity index (χ0n) is 15.1. The molecule has 2 aliphatic heterocycles. The first-order valence-electron chi connectivity index (χ1n) is 8.28. The Morgan fingerprint density at radius 2 is 2.04 bits per heavy atom. The molecule has 1 aromatic rings. The molecule has 142 valence electrons. The van der Waals surface area contributed by atoms with Crippen LogP contribution in [0.15, 0.2) is 35.5 Å². The number of nitrogens with zero attached hydrogens (tertiary/aromatic N) is 4. The van der Waals surface area contributed by atoms with Crippen molar-refractivity contribution >= 4 is 17.7 Å². The van der Waals surface area contributed by atoms with Crippen molar-refractivity contribution in [2.75, 3.05) is 14.2 Å². The van der Waals surface area contributed by atoms with E-state index in [1.165, 1.54) is 30.3 Å². The number of carbonyl (C=O) groups is 2. The van der Waals surface area contributed by atoms with Gasteiger partial charge in [0.2, 0.25) is 0 Å². The SMILES string of the molecule is COC(=O)C1=NN2C(c3cc(C#N)ccc3C#N)C=CCC2(C(=O)OC)C1O. The molecular formula is C19H16N4O5. The second kappa shape index (κ2) is 7.14. The normalized spacial score (nSPS) is 25.2. The van der Waals surface area contributed by atoms with Crippen molar-refractivity contribution < 1.29 is 24.2 Å². The summed E-state index contributed by atoms with van der Waals surface area (Å²) in [6.45, 7) is 0. The van der Waals surface area contributed by atoms with Crippen LogP contribution in [-0.4, -0.2) is 53.6 Å². The van der Waals surface area contributed by atoms with Gasteiger partial charge in [-0.1, -0.05) is 12.2 Å². The second-order valence-electron chi connectivity index (χ2n) is 6.24. The smallest absolute Gasteiger partial charge is 0.357 e. The van der Waals surface area contributed by atoms with Crippen LogP contribution in [0, 0.1) is 22.7 Å². The van der Waals surface area contributed by atoms with Gasteiger partial charge in [0.1, 0.15) is 6.10 Å². The van der Waals surface area contributed by atoms with Gasteiger partial charge in [-0.25, -0.2) is 9.59 Å². The second-order valence-corrected chi connectivity index (χ2v) is 6.24. The van der Waals surface area contributed by atoms with Crippen LogP contribution in [-0.2, 0) is 19.1 Å². The van der Waals surface area contributed by atoms with Gasteiger partial charge in [0.25, 0.3) is 0 Å². The van der Waals surface area contributed by atoms with Gasteiger partial charge in [-0.15, -0.1) is 0 Å². The molecule has 1 aromatic carbocycles. The fraction of sp³-hybridized carbons (Fsp3) is 0.316. The van der Waals surface area contributed by atoms with E-state index in [0.717, 1.165) is 7.11 Å². The molecule has 0 saturated carbocycles. The molecule has 3 rings (SSSR count). The van der Waals surface area contributed by atoms with Gasteiger partial charge in [-0.3, -0.25) is 5.01 Å². The third-order valence-corrected chi connectivity index (χ3v) is 4.90. The average molecular weight is 380 g/mol. The molecule has 28 heavy (non-hydrogen) atoms. The largest absolute Gasteiger partial charge is 0.467 e. The van der Waals surface area contributed by atoms with E-state index in [9.17, 15) is 25.2 Å². The van der Waals surface area contributed by atoms with Crippen LogP contribution in [0.3, 0.4) is 0 Å². The number of hydrogen-bond acceptors (Lipinski definition) is 9. The third kappa shape index (κ3) is 2.61. The lowest BCUT2D eigenvalue weighted by molar-refractivity contribution is -0.161. The van der Waals surface area contributed by atoms with Crippen LogP contribution < -0.4 is 0 Å². The van der Waals surface area contributed by atoms with Crippen molar-refractivity contribution in [3.8, 4) is 12.1 Å². The summed E-state index contributed by atoms with van der Waals surface area (Å²) >= 11 is 0. The predicted octanol–water partition coefficient (Wildman–Crippen LogP) is 0.548. The average Bonchev–Trinajstić information content (AvgIpc) is 3.05. The van der Waals surface area contributed by atoms with Crippen LogP contribution in [0.5, 0.6) is 0 Å². The van der Waals surface area contributed by atoms with Crippen LogP contribution >= 0.6 is 0 Å². The minimum Gasteiger partial charge on any atom is -0.467 e. The van der Waals surface area contributed by atoms with Crippen molar-refractivity contribution in [1.29, 1.82) is 10.5 Å². The molecule has 2 heterocycles. The first kappa shape index (κ1) is 19.1. The van der Waals surface area contributed by atoms with Crippen molar-refractivity contribution in [1.82, 2.24) is 5.01 Å². The quantitative estimate of drug-likeness (QED) is 0.593. The molecule has 9 heteroatoms. The van der Waals surface area contributed by atoms with Crippen molar-refractivity contribution in [2.24, 2.45) is 5.10 Å². The fourth-order valence-electron chi connectivity index (χ4n) is 3.52. The molecule has 3 unspecified atom stereocenters. The molecule has 2 aliphatic rings. The Morgan fingerprint density at radius 1 is 1.29 bits per heavy atom. The highest BCUT2D eigenvalue weighted by atomic mass is 16.5. The summed E-state index contributed by atoms with van der Waals surface area (Å²) in [4.78, 5) is 24.8. The summed E-state index contributed by atoms with van der Waals surface area (Å²) in [7, 11) is 2.31. The van der Waals surface area contributed by atoms with Crippen LogP contribution in [0.25, 0.3) is 0 Å². The molecular weight excluding hydrogens is 364 g/mol. The third-order valence-electron chi connectivity index (χ3n) is 4.90. The highest BCUT2D eigenvalue weighted by Gasteiger charge is 2.61. The number of rotatable bonds is 3. The number of carbonyl (C=O) groups excluding carboxylic acids is 2. The summed E-state index contributed by atoms with van der Waals surface area (Å²) in [5.74, 6) is -1.66. The van der Waals surface area contributed by atoms with E-state index >= 15 is 0 Å². The Morgan fingerprint density at radius 3 is 2.64 bits per heavy atom. The fourth-order valence-corrected chi connectivity index (χ4v) is 3.52. The Kier molecular flexibility index (Phi) is 4.87. The van der Waals surface area contributed by atoms with Gasteiger partial charge in [0.15, 0.2) is 11.3 Å². The monoisotopic (exact) mass is 380 g/mol. The van der Waals surface area contributed by atoms with E-state index < -0.39 is 29.6 Å². The van der Waals surface area contributed by atoms with E-state index in [-0.39, 0.29) is 17.7 Å². The molecule has 0 saturated heterocycles. The number of nitriles is 2. The van der Waals surface area contributed by atoms with Gasteiger partial charge in [0, 0.05) is 6.42 Å². The minimum atomic E-state index is -1.69. The van der Waals surface area contributed by atoms with Crippen molar-refractivity contribution in [3.63, 3.8) is 0 Å². The topological polar surface area (TPSA) is 136 Å². The van der Waals surface area contributed by atoms with E-state index in [1.54, 1.807) is 12.2 Å². The number of esters is 2. The predicted molar refractivity (Wildman–Crippen MR) is 94.4 cm³/mol. The maximum Gasteiger partial charge on any atom is 0.357 e. The minimum absolute atomic E-state index is 0.0289. The Bertz CT molecular complexity index is 987. The van der Waals surface area contributed by atoms with E-state index in [0.29, 0.717) is 11.1 Å². The number of fused-ring (bicyclic) bond motifs is 1. The van der Waals surface area contributed by atoms with Gasteiger partial charge in [-0.05, 0) is 23.8 Å². The molecule has 9 nitrogen and oxygen atoms in total. The van der Waals surface area contributed by atoms with E-state index in [1.807, 2.05) is 12.1 Å². The van der Waals surface area contributed by atoms with Crippen molar-refractivity contribution in [2.45, 2.75) is 24.1 Å². The van der Waals surface area contributed by atoms with Crippen LogP contribution in [0.1, 0.15) is 29.2 Å². The Labute approximate surface area is 160 Å². The summed E-state index contributed by atoms with van der Waals surface area (Å²) in [5, 5.41) is 34.9. The number of hydrogen-bond donors (Lipinski definition) is 1. The first-order valence-corrected chi connectivity index (χ1v) is 8.28. The van der Waals surface area contributed by atoms with Crippen LogP contribution in [0.2, 0.25) is 0 Å². The zero-order valence-corrected chi connectivity index (χ0v) is 15.1. The standard InChI is InChI=1S/C19H16N4O5/c1-27-17(25)15-16(24)19(18(26)28-2)7-3-4-14(23(19)22-15)13-8-11(9-20)5-6-12(13)10-21/h3-6,8,14,16,24H,7H2,1-2H3.